The van der Waals surface area contributed by atoms with E-state index < -0.39 is 0 Å². The molecule has 2 nitrogen and oxygen atoms in total. The quantitative estimate of drug-likeness (QED) is 0.154. The van der Waals surface area contributed by atoms with Gasteiger partial charge in [0, 0.05) is 21.5 Å². The number of hydrogen-bond donors (Lipinski definition) is 0. The van der Waals surface area contributed by atoms with E-state index in [1.807, 2.05) is 23.5 Å². The molecule has 0 fully saturated rings. The second-order valence-electron chi connectivity index (χ2n) is 8.26. The monoisotopic (exact) mass is 470 g/mol. The maximum Gasteiger partial charge on any atom is 0.135 e. The number of hydrogen-bond acceptors (Lipinski definition) is 4. The molecule has 4 heteroatoms. The van der Waals surface area contributed by atoms with E-state index in [1.54, 1.807) is 0 Å². The van der Waals surface area contributed by atoms with Crippen molar-refractivity contribution in [3.63, 3.8) is 0 Å². The minimum atomic E-state index is 0.767. The van der Waals surface area contributed by atoms with E-state index in [0.717, 1.165) is 59.1 Å². The highest BCUT2D eigenvalue weighted by Gasteiger charge is 2.15. The van der Waals surface area contributed by atoms with Gasteiger partial charge in [0.25, 0.3) is 0 Å². The third-order valence-electron chi connectivity index (χ3n) is 5.81. The maximum atomic E-state index is 6.41. The zero-order valence-electron chi connectivity index (χ0n) is 19.7. The predicted octanol–water partition coefficient (Wildman–Crippen LogP) is 8.60. The van der Waals surface area contributed by atoms with Gasteiger partial charge in [0.2, 0.25) is 0 Å². The summed E-state index contributed by atoms with van der Waals surface area (Å²) < 4.78 is 12.8. The van der Waals surface area contributed by atoms with Gasteiger partial charge in [0.15, 0.2) is 0 Å². The Kier molecular flexibility index (Phi) is 11.5. The second-order valence-corrected chi connectivity index (χ2v) is 10.2. The molecular formula is C28H38O2S2. The molecule has 0 spiro atoms. The van der Waals surface area contributed by atoms with Crippen LogP contribution >= 0.6 is 23.5 Å². The molecule has 0 amide bonds. The maximum absolute atomic E-state index is 6.41. The van der Waals surface area contributed by atoms with Gasteiger partial charge in [-0.2, -0.15) is 23.5 Å². The zero-order chi connectivity index (χ0) is 22.4. The third kappa shape index (κ3) is 7.25. The predicted molar refractivity (Wildman–Crippen MR) is 146 cm³/mol. The van der Waals surface area contributed by atoms with Crippen molar-refractivity contribution in [2.24, 2.45) is 0 Å². The second kappa shape index (κ2) is 14.6. The average Bonchev–Trinajstić information content (AvgIpc) is 2.83. The average molecular weight is 471 g/mol. The Morgan fingerprint density at radius 3 is 1.19 bits per heavy atom. The third-order valence-corrected chi connectivity index (χ3v) is 7.20. The van der Waals surface area contributed by atoms with E-state index in [0.29, 0.717) is 0 Å². The van der Waals surface area contributed by atoms with Crippen molar-refractivity contribution in [1.29, 1.82) is 0 Å². The van der Waals surface area contributed by atoms with Crippen LogP contribution in [0.1, 0.15) is 51.4 Å². The number of rotatable bonds is 16. The number of ether oxygens (including phenoxy) is 2. The fraction of sp³-hybridized carbons (Fsp3) is 0.500. The van der Waals surface area contributed by atoms with E-state index in [-0.39, 0.29) is 0 Å². The van der Waals surface area contributed by atoms with Crippen LogP contribution in [0.3, 0.4) is 0 Å². The van der Waals surface area contributed by atoms with Gasteiger partial charge < -0.3 is 9.47 Å². The van der Waals surface area contributed by atoms with Crippen molar-refractivity contribution in [1.82, 2.24) is 0 Å². The summed E-state index contributed by atoms with van der Waals surface area (Å²) in [5.41, 5.74) is 0. The Morgan fingerprint density at radius 2 is 0.844 bits per heavy atom. The lowest BCUT2D eigenvalue weighted by Crippen LogP contribution is -2.02. The van der Waals surface area contributed by atoms with Gasteiger partial charge in [-0.15, -0.1) is 0 Å². The molecule has 0 bridgehead atoms. The van der Waals surface area contributed by atoms with Gasteiger partial charge in [-0.05, 0) is 49.7 Å². The molecule has 0 N–H and O–H groups in total. The van der Waals surface area contributed by atoms with Gasteiger partial charge in [-0.3, -0.25) is 0 Å². The fourth-order valence-corrected chi connectivity index (χ4v) is 5.10. The molecule has 0 unspecified atom stereocenters. The number of unbranched alkanes of at least 4 members (excludes halogenated alkanes) is 6. The zero-order valence-corrected chi connectivity index (χ0v) is 21.4. The van der Waals surface area contributed by atoms with Gasteiger partial charge in [0.1, 0.15) is 11.5 Å². The standard InChI is InChI=1S/C28H38O2S2/c1-31-21-13-5-3-11-19-29-27-23-15-7-9-17-25(23)28(26-18-10-8-16-24(26)27)30-20-12-4-6-14-22-32-2/h7-10,15-18H,3-6,11-14,19-22H2,1-2H3. The van der Waals surface area contributed by atoms with E-state index in [1.165, 1.54) is 50.0 Å². The van der Waals surface area contributed by atoms with E-state index in [2.05, 4.69) is 61.0 Å². The molecule has 3 rings (SSSR count). The molecule has 0 aliphatic rings. The smallest absolute Gasteiger partial charge is 0.135 e. The first-order valence-corrected chi connectivity index (χ1v) is 14.8. The van der Waals surface area contributed by atoms with Gasteiger partial charge in [-0.1, -0.05) is 74.2 Å². The number of benzene rings is 3. The van der Waals surface area contributed by atoms with Crippen LogP contribution in [0.5, 0.6) is 11.5 Å². The van der Waals surface area contributed by atoms with Crippen LogP contribution in [0.2, 0.25) is 0 Å². The summed E-state index contributed by atoms with van der Waals surface area (Å²) in [6.07, 6.45) is 14.2. The molecule has 0 saturated carbocycles. The van der Waals surface area contributed by atoms with Crippen LogP contribution in [-0.2, 0) is 0 Å². The lowest BCUT2D eigenvalue weighted by Gasteiger charge is -2.18. The van der Waals surface area contributed by atoms with E-state index in [9.17, 15) is 0 Å². The van der Waals surface area contributed by atoms with Crippen molar-refractivity contribution in [2.45, 2.75) is 51.4 Å². The van der Waals surface area contributed by atoms with Crippen LogP contribution < -0.4 is 9.47 Å². The molecule has 0 aliphatic carbocycles. The summed E-state index contributed by atoms with van der Waals surface area (Å²) in [4.78, 5) is 0. The molecule has 0 atom stereocenters. The SMILES string of the molecule is CSCCCCCCOc1c2ccccc2c(OCCCCCCSC)c2ccccc12. The topological polar surface area (TPSA) is 18.5 Å². The normalized spacial score (nSPS) is 11.3. The summed E-state index contributed by atoms with van der Waals surface area (Å²) in [7, 11) is 0. The summed E-state index contributed by atoms with van der Waals surface area (Å²) in [6, 6.07) is 17.1. The van der Waals surface area contributed by atoms with Gasteiger partial charge in [0.05, 0.1) is 13.2 Å². The van der Waals surface area contributed by atoms with Gasteiger partial charge in [-0.25, -0.2) is 0 Å². The van der Waals surface area contributed by atoms with Crippen LogP contribution in [0.4, 0.5) is 0 Å². The molecule has 0 heterocycles. The van der Waals surface area contributed by atoms with Crippen molar-refractivity contribution < 1.29 is 9.47 Å². The molecule has 3 aromatic rings. The minimum Gasteiger partial charge on any atom is -0.492 e. The van der Waals surface area contributed by atoms with Crippen molar-refractivity contribution in [3.8, 4) is 11.5 Å². The van der Waals surface area contributed by atoms with E-state index in [4.69, 9.17) is 9.47 Å². The number of thioether (sulfide) groups is 2. The highest BCUT2D eigenvalue weighted by molar-refractivity contribution is 7.98. The minimum absolute atomic E-state index is 0.767. The summed E-state index contributed by atoms with van der Waals surface area (Å²) in [5.74, 6) is 4.53. The highest BCUT2D eigenvalue weighted by atomic mass is 32.2. The van der Waals surface area contributed by atoms with Crippen molar-refractivity contribution in [3.05, 3.63) is 48.5 Å². The molecule has 0 aromatic heterocycles. The first-order chi connectivity index (χ1) is 15.9. The van der Waals surface area contributed by atoms with Crippen molar-refractivity contribution in [2.75, 3.05) is 37.2 Å². The van der Waals surface area contributed by atoms with Crippen LogP contribution in [-0.4, -0.2) is 37.2 Å². The largest absolute Gasteiger partial charge is 0.492 e. The molecule has 0 aliphatic heterocycles. The number of fused-ring (bicyclic) bond motifs is 2. The fourth-order valence-electron chi connectivity index (χ4n) is 4.11. The summed E-state index contributed by atoms with van der Waals surface area (Å²) >= 11 is 3.87. The first kappa shape index (κ1) is 25.1. The molecule has 174 valence electrons. The lowest BCUT2D eigenvalue weighted by molar-refractivity contribution is 0.307. The molecular weight excluding hydrogens is 432 g/mol. The Bertz CT molecular complexity index is 808. The van der Waals surface area contributed by atoms with Crippen LogP contribution in [0, 0.1) is 0 Å². The highest BCUT2D eigenvalue weighted by Crippen LogP contribution is 2.42. The molecule has 0 radical (unpaired) electrons. The summed E-state index contributed by atoms with van der Waals surface area (Å²) in [6.45, 7) is 1.53. The van der Waals surface area contributed by atoms with Crippen LogP contribution in [0.15, 0.2) is 48.5 Å². The van der Waals surface area contributed by atoms with Crippen LogP contribution in [0.25, 0.3) is 21.5 Å². The molecule has 32 heavy (non-hydrogen) atoms. The Hall–Kier alpha value is -1.52. The van der Waals surface area contributed by atoms with E-state index >= 15 is 0 Å². The molecule has 3 aromatic carbocycles. The first-order valence-electron chi connectivity index (χ1n) is 12.0. The summed E-state index contributed by atoms with van der Waals surface area (Å²) in [5, 5.41) is 4.62. The Morgan fingerprint density at radius 1 is 0.500 bits per heavy atom. The lowest BCUT2D eigenvalue weighted by atomic mass is 10.0. The molecule has 0 saturated heterocycles. The van der Waals surface area contributed by atoms with Crippen molar-refractivity contribution >= 4 is 45.1 Å². The van der Waals surface area contributed by atoms with Gasteiger partial charge >= 0.3 is 0 Å². The Labute approximate surface area is 202 Å². The Balaban J connectivity index is 1.72.